The number of nitrogens with zero attached hydrogens (tertiary/aromatic N) is 1. The largest absolute Gasteiger partial charge is 0.490 e. The number of rotatable bonds is 6. The van der Waals surface area contributed by atoms with Crippen molar-refractivity contribution in [2.24, 2.45) is 10.8 Å². The molecule has 7 nitrogen and oxygen atoms in total. The number of halogens is 3. The fourth-order valence-electron chi connectivity index (χ4n) is 5.84. The van der Waals surface area contributed by atoms with Crippen molar-refractivity contribution in [2.45, 2.75) is 63.3 Å². The molecule has 1 saturated heterocycles. The standard InChI is InChI=1S/C23H32N2O3S.C2HF3O2/c1-22(2)11-18-12-23(3,15-22)16-25(18)14-19(26)13-24-29(27,28)21-10-6-8-17-7-4-5-9-20(17)21;3-2(4,5)1(6)7/h4-10,18-19,24,26H,11-16H2,1-3H3;(H,6,7)/t18-,19+,23-;/m1./s1. The highest BCUT2D eigenvalue weighted by Gasteiger charge is 2.49. The monoisotopic (exact) mass is 530 g/mol. The van der Waals surface area contributed by atoms with Crippen molar-refractivity contribution in [1.82, 2.24) is 9.62 Å². The zero-order valence-corrected chi connectivity index (χ0v) is 21.4. The number of hydrogen-bond donors (Lipinski definition) is 3. The molecule has 2 bridgehead atoms. The van der Waals surface area contributed by atoms with Gasteiger partial charge in [0.1, 0.15) is 0 Å². The molecule has 3 N–H and O–H groups in total. The molecule has 0 radical (unpaired) electrons. The molecule has 3 atom stereocenters. The van der Waals surface area contributed by atoms with Gasteiger partial charge in [0, 0.05) is 31.1 Å². The lowest BCUT2D eigenvalue weighted by atomic mass is 9.65. The average Bonchev–Trinajstić information content (AvgIpc) is 2.99. The van der Waals surface area contributed by atoms with Crippen molar-refractivity contribution in [2.75, 3.05) is 19.6 Å². The highest BCUT2D eigenvalue weighted by Crippen LogP contribution is 2.52. The second-order valence-corrected chi connectivity index (χ2v) is 12.7. The number of carboxylic acids is 1. The highest BCUT2D eigenvalue weighted by molar-refractivity contribution is 7.89. The smallest absolute Gasteiger partial charge is 0.475 e. The molecule has 2 fully saturated rings. The maximum absolute atomic E-state index is 12.9. The molecule has 2 aliphatic rings. The molecule has 0 aromatic heterocycles. The van der Waals surface area contributed by atoms with Gasteiger partial charge in [0.25, 0.3) is 0 Å². The number of carboxylic acid groups (broad SMARTS) is 1. The van der Waals surface area contributed by atoms with Gasteiger partial charge in [-0.1, -0.05) is 57.2 Å². The van der Waals surface area contributed by atoms with E-state index < -0.39 is 28.3 Å². The summed E-state index contributed by atoms with van der Waals surface area (Å²) in [6.07, 6.45) is -2.30. The Kier molecular flexibility index (Phi) is 8.10. The van der Waals surface area contributed by atoms with E-state index >= 15 is 0 Å². The maximum Gasteiger partial charge on any atom is 0.490 e. The van der Waals surface area contributed by atoms with Crippen molar-refractivity contribution in [3.63, 3.8) is 0 Å². The van der Waals surface area contributed by atoms with Crippen LogP contribution < -0.4 is 4.72 Å². The quantitative estimate of drug-likeness (QED) is 0.521. The average molecular weight is 531 g/mol. The number of β-amino-alcohol motifs (C(OH)–C–C–N with tert-alkyl or cyclic N) is 1. The Morgan fingerprint density at radius 3 is 2.39 bits per heavy atom. The van der Waals surface area contributed by atoms with Crippen LogP contribution in [0.2, 0.25) is 0 Å². The van der Waals surface area contributed by atoms with Gasteiger partial charge >= 0.3 is 12.1 Å². The Labute approximate surface area is 209 Å². The molecule has 0 unspecified atom stereocenters. The fourth-order valence-corrected chi connectivity index (χ4v) is 7.14. The number of hydrogen-bond acceptors (Lipinski definition) is 5. The molecule has 0 amide bonds. The van der Waals surface area contributed by atoms with E-state index in [0.29, 0.717) is 28.8 Å². The minimum Gasteiger partial charge on any atom is -0.475 e. The Morgan fingerprint density at radius 1 is 1.14 bits per heavy atom. The van der Waals surface area contributed by atoms with Crippen LogP contribution in [0, 0.1) is 10.8 Å². The van der Waals surface area contributed by atoms with E-state index in [4.69, 9.17) is 9.90 Å². The van der Waals surface area contributed by atoms with Gasteiger partial charge in [-0.25, -0.2) is 17.9 Å². The first-order chi connectivity index (χ1) is 16.5. The number of carbonyl (C=O) groups is 1. The molecule has 200 valence electrons. The van der Waals surface area contributed by atoms with Crippen LogP contribution in [0.1, 0.15) is 40.0 Å². The first-order valence-electron chi connectivity index (χ1n) is 11.7. The number of likely N-dealkylation sites (tertiary alicyclic amines) is 1. The Bertz CT molecular complexity index is 1200. The Balaban J connectivity index is 0.000000454. The van der Waals surface area contributed by atoms with Gasteiger partial charge in [-0.05, 0) is 41.5 Å². The lowest BCUT2D eigenvalue weighted by molar-refractivity contribution is -0.192. The molecule has 11 heteroatoms. The summed E-state index contributed by atoms with van der Waals surface area (Å²) in [4.78, 5) is 11.5. The number of sulfonamides is 1. The number of aliphatic hydroxyl groups is 1. The predicted molar refractivity (Wildman–Crippen MR) is 130 cm³/mol. The van der Waals surface area contributed by atoms with E-state index in [2.05, 4.69) is 30.4 Å². The van der Waals surface area contributed by atoms with E-state index in [1.165, 1.54) is 12.8 Å². The Hall–Kier alpha value is -2.21. The van der Waals surface area contributed by atoms with Crippen molar-refractivity contribution in [3.05, 3.63) is 42.5 Å². The number of fused-ring (bicyclic) bond motifs is 3. The van der Waals surface area contributed by atoms with Crippen LogP contribution in [0.3, 0.4) is 0 Å². The van der Waals surface area contributed by atoms with E-state index in [-0.39, 0.29) is 11.4 Å². The summed E-state index contributed by atoms with van der Waals surface area (Å²) < 4.78 is 60.1. The Morgan fingerprint density at radius 2 is 1.75 bits per heavy atom. The van der Waals surface area contributed by atoms with Gasteiger partial charge in [0.05, 0.1) is 11.0 Å². The lowest BCUT2D eigenvalue weighted by Gasteiger charge is -2.40. The first-order valence-corrected chi connectivity index (χ1v) is 13.2. The van der Waals surface area contributed by atoms with Crippen LogP contribution in [-0.4, -0.2) is 67.5 Å². The summed E-state index contributed by atoms with van der Waals surface area (Å²) in [7, 11) is -3.69. The second-order valence-electron chi connectivity index (χ2n) is 10.9. The van der Waals surface area contributed by atoms with E-state index in [1.807, 2.05) is 30.3 Å². The number of aliphatic hydroxyl groups excluding tert-OH is 1. The minimum absolute atomic E-state index is 0.0227. The number of alkyl halides is 3. The van der Waals surface area contributed by atoms with Crippen LogP contribution in [-0.2, 0) is 14.8 Å². The summed E-state index contributed by atoms with van der Waals surface area (Å²) >= 11 is 0. The van der Waals surface area contributed by atoms with Gasteiger partial charge in [0.2, 0.25) is 10.0 Å². The predicted octanol–water partition coefficient (Wildman–Crippen LogP) is 4.01. The fraction of sp³-hybridized carbons (Fsp3) is 0.560. The molecular formula is C25H33F3N2O5S. The zero-order chi connectivity index (χ0) is 26.9. The van der Waals surface area contributed by atoms with E-state index in [9.17, 15) is 26.7 Å². The van der Waals surface area contributed by atoms with Gasteiger partial charge in [-0.15, -0.1) is 0 Å². The van der Waals surface area contributed by atoms with Crippen LogP contribution in [0.5, 0.6) is 0 Å². The normalized spacial score (nSPS) is 24.7. The molecule has 2 aromatic rings. The lowest BCUT2D eigenvalue weighted by Crippen LogP contribution is -2.42. The zero-order valence-electron chi connectivity index (χ0n) is 20.5. The second kappa shape index (κ2) is 10.3. The molecule has 1 saturated carbocycles. The van der Waals surface area contributed by atoms with Crippen LogP contribution >= 0.6 is 0 Å². The van der Waals surface area contributed by atoms with Crippen molar-refractivity contribution in [1.29, 1.82) is 0 Å². The summed E-state index contributed by atoms with van der Waals surface area (Å²) in [6.45, 7) is 8.51. The maximum atomic E-state index is 12.9. The summed E-state index contributed by atoms with van der Waals surface area (Å²) in [5, 5.41) is 19.3. The molecule has 1 heterocycles. The number of benzene rings is 2. The van der Waals surface area contributed by atoms with Crippen LogP contribution in [0.25, 0.3) is 10.8 Å². The third-order valence-corrected chi connectivity index (χ3v) is 8.24. The molecule has 2 aromatic carbocycles. The van der Waals surface area contributed by atoms with Crippen LogP contribution in [0.15, 0.2) is 47.4 Å². The van der Waals surface area contributed by atoms with E-state index in [1.54, 1.807) is 12.1 Å². The van der Waals surface area contributed by atoms with Crippen LogP contribution in [0.4, 0.5) is 13.2 Å². The number of nitrogens with one attached hydrogen (secondary N) is 1. The van der Waals surface area contributed by atoms with Gasteiger partial charge < -0.3 is 10.2 Å². The molecule has 36 heavy (non-hydrogen) atoms. The van der Waals surface area contributed by atoms with Gasteiger partial charge in [0.15, 0.2) is 0 Å². The summed E-state index contributed by atoms with van der Waals surface area (Å²) in [6, 6.07) is 13.2. The SMILES string of the molecule is CC1(C)C[C@@H]2C[C@@](C)(CN2C[C@@H](O)CNS(=O)(=O)c2cccc3ccccc23)C1.O=C(O)C(F)(F)F. The molecule has 1 aliphatic heterocycles. The third kappa shape index (κ3) is 6.96. The molecule has 0 spiro atoms. The number of aliphatic carboxylic acids is 1. The van der Waals surface area contributed by atoms with Crippen molar-refractivity contribution >= 4 is 26.8 Å². The summed E-state index contributed by atoms with van der Waals surface area (Å²) in [5.74, 6) is -2.76. The van der Waals surface area contributed by atoms with Gasteiger partial charge in [-0.2, -0.15) is 13.2 Å². The third-order valence-electron chi connectivity index (χ3n) is 6.76. The van der Waals surface area contributed by atoms with Crippen molar-refractivity contribution in [3.8, 4) is 0 Å². The van der Waals surface area contributed by atoms with E-state index in [0.717, 1.165) is 18.4 Å². The van der Waals surface area contributed by atoms with Gasteiger partial charge in [-0.3, -0.25) is 4.90 Å². The molecule has 1 aliphatic carbocycles. The van der Waals surface area contributed by atoms with Crippen molar-refractivity contribution < 1.29 is 36.6 Å². The minimum atomic E-state index is -5.08. The summed E-state index contributed by atoms with van der Waals surface area (Å²) in [5.41, 5.74) is 0.627. The highest BCUT2D eigenvalue weighted by atomic mass is 32.2. The topological polar surface area (TPSA) is 107 Å². The first kappa shape index (κ1) is 28.4. The molecule has 4 rings (SSSR count). The molecular weight excluding hydrogens is 497 g/mol.